The molecule has 0 spiro atoms. The van der Waals surface area contributed by atoms with Gasteiger partial charge in [-0.3, -0.25) is 0 Å². The Bertz CT molecular complexity index is 540. The molecule has 27 heavy (non-hydrogen) atoms. The minimum Gasteiger partial charge on any atom is -0.505 e. The molecule has 4 aliphatic rings. The van der Waals surface area contributed by atoms with E-state index >= 15 is 0 Å². The van der Waals surface area contributed by atoms with Crippen molar-refractivity contribution in [1.82, 2.24) is 0 Å². The second kappa shape index (κ2) is 6.87. The SMILES string of the molecule is C=COC.CC(CC1CC2CC1C1C3CCC(C3)C21)(C(F)(F)F)C(F)(F)F. The topological polar surface area (TPSA) is 9.23 Å². The van der Waals surface area contributed by atoms with Crippen molar-refractivity contribution in [2.75, 3.05) is 7.11 Å². The van der Waals surface area contributed by atoms with Crippen LogP contribution in [-0.4, -0.2) is 19.5 Å². The van der Waals surface area contributed by atoms with E-state index in [-0.39, 0.29) is 5.92 Å². The van der Waals surface area contributed by atoms with Gasteiger partial charge in [0, 0.05) is 0 Å². The van der Waals surface area contributed by atoms with Gasteiger partial charge in [0.05, 0.1) is 13.4 Å². The van der Waals surface area contributed by atoms with Crippen molar-refractivity contribution >= 4 is 0 Å². The van der Waals surface area contributed by atoms with Gasteiger partial charge >= 0.3 is 12.4 Å². The molecule has 0 heterocycles. The first-order chi connectivity index (χ1) is 12.4. The maximum atomic E-state index is 13.2. The molecule has 0 aliphatic heterocycles. The van der Waals surface area contributed by atoms with E-state index in [1.54, 1.807) is 7.11 Å². The summed E-state index contributed by atoms with van der Waals surface area (Å²) in [6, 6.07) is 0. The van der Waals surface area contributed by atoms with Crippen LogP contribution in [0.4, 0.5) is 26.3 Å². The van der Waals surface area contributed by atoms with Crippen LogP contribution < -0.4 is 0 Å². The van der Waals surface area contributed by atoms with E-state index in [9.17, 15) is 26.3 Å². The number of alkyl halides is 6. The highest BCUT2D eigenvalue weighted by atomic mass is 19.4. The zero-order chi connectivity index (χ0) is 20.2. The molecule has 4 fully saturated rings. The van der Waals surface area contributed by atoms with Crippen LogP contribution in [0.2, 0.25) is 0 Å². The number of methoxy groups -OCH3 is 1. The molecule has 0 amide bonds. The van der Waals surface area contributed by atoms with E-state index < -0.39 is 30.1 Å². The van der Waals surface area contributed by atoms with E-state index in [1.807, 2.05) is 0 Å². The summed E-state index contributed by atoms with van der Waals surface area (Å²) in [6.45, 7) is 3.62. The number of ether oxygens (including phenoxy) is 1. The van der Waals surface area contributed by atoms with E-state index in [0.29, 0.717) is 42.9 Å². The fraction of sp³-hybridized carbons (Fsp3) is 0.900. The first-order valence-electron chi connectivity index (χ1n) is 9.71. The van der Waals surface area contributed by atoms with Crippen LogP contribution in [0.1, 0.15) is 45.4 Å². The molecule has 4 saturated carbocycles. The second-order valence-electron chi connectivity index (χ2n) is 9.08. The lowest BCUT2D eigenvalue weighted by atomic mass is 9.64. The molecule has 4 aliphatic carbocycles. The van der Waals surface area contributed by atoms with Gasteiger partial charge in [0.1, 0.15) is 0 Å². The molecular weight excluding hydrogens is 370 g/mol. The molecule has 0 aromatic rings. The van der Waals surface area contributed by atoms with Crippen molar-refractivity contribution in [3.05, 3.63) is 12.8 Å². The maximum absolute atomic E-state index is 13.2. The number of hydrogen-bond acceptors (Lipinski definition) is 1. The first kappa shape index (κ1) is 20.8. The fourth-order valence-electron chi connectivity index (χ4n) is 6.85. The maximum Gasteiger partial charge on any atom is 0.402 e. The second-order valence-corrected chi connectivity index (χ2v) is 9.08. The number of fused-ring (bicyclic) bond motifs is 9. The predicted octanol–water partition coefficient (Wildman–Crippen LogP) is 6.60. The molecule has 4 bridgehead atoms. The normalized spacial score (nSPS) is 39.8. The predicted molar refractivity (Wildman–Crippen MR) is 89.6 cm³/mol. The highest BCUT2D eigenvalue weighted by molar-refractivity contribution is 5.11. The third-order valence-corrected chi connectivity index (χ3v) is 7.96. The number of rotatable bonds is 3. The molecule has 156 valence electrons. The molecule has 7 heteroatoms. The molecule has 7 atom stereocenters. The molecule has 0 saturated heterocycles. The molecule has 4 rings (SSSR count). The van der Waals surface area contributed by atoms with Crippen LogP contribution in [-0.2, 0) is 4.74 Å². The van der Waals surface area contributed by atoms with Gasteiger partial charge in [-0.05, 0) is 86.9 Å². The standard InChI is InChI=1S/C17H22F6.C3H6O/c1-15(16(18,19)20,17(21,22)23)7-11-5-10-6-12(11)14-9-3-2-8(4-9)13(10)14;1-3-4-2/h8-14H,2-7H2,1H3;3H,1H2,2H3. The summed E-state index contributed by atoms with van der Waals surface area (Å²) >= 11 is 0. The first-order valence-corrected chi connectivity index (χ1v) is 9.71. The highest BCUT2D eigenvalue weighted by Gasteiger charge is 2.70. The summed E-state index contributed by atoms with van der Waals surface area (Å²) in [6.07, 6.45) is -4.88. The molecule has 1 nitrogen and oxygen atoms in total. The Balaban J connectivity index is 0.000000481. The lowest BCUT2D eigenvalue weighted by Gasteiger charge is -2.42. The van der Waals surface area contributed by atoms with Crippen LogP contribution >= 0.6 is 0 Å². The van der Waals surface area contributed by atoms with Crippen molar-refractivity contribution < 1.29 is 31.1 Å². The van der Waals surface area contributed by atoms with Crippen LogP contribution in [0.5, 0.6) is 0 Å². The minimum atomic E-state index is -5.23. The summed E-state index contributed by atoms with van der Waals surface area (Å²) in [5, 5.41) is 0. The van der Waals surface area contributed by atoms with Gasteiger partial charge in [0.25, 0.3) is 0 Å². The molecule has 0 aromatic carbocycles. The number of halogens is 6. The van der Waals surface area contributed by atoms with E-state index in [4.69, 9.17) is 0 Å². The monoisotopic (exact) mass is 398 g/mol. The fourth-order valence-corrected chi connectivity index (χ4v) is 6.85. The van der Waals surface area contributed by atoms with Gasteiger partial charge in [0.2, 0.25) is 0 Å². The lowest BCUT2D eigenvalue weighted by Crippen LogP contribution is -2.50. The molecular formula is C20H28F6O. The summed E-state index contributed by atoms with van der Waals surface area (Å²) in [4.78, 5) is 0. The minimum absolute atomic E-state index is 0.101. The molecule has 7 unspecified atom stereocenters. The van der Waals surface area contributed by atoms with Gasteiger partial charge < -0.3 is 4.74 Å². The van der Waals surface area contributed by atoms with Gasteiger partial charge in [-0.1, -0.05) is 6.58 Å². The Morgan fingerprint density at radius 2 is 1.41 bits per heavy atom. The Labute approximate surface area is 156 Å². The summed E-state index contributed by atoms with van der Waals surface area (Å²) in [7, 11) is 1.56. The molecule has 0 radical (unpaired) electrons. The van der Waals surface area contributed by atoms with Crippen molar-refractivity contribution in [3.63, 3.8) is 0 Å². The summed E-state index contributed by atoms with van der Waals surface area (Å²) < 4.78 is 83.5. The molecule has 0 N–H and O–H groups in total. The zero-order valence-corrected chi connectivity index (χ0v) is 15.7. The molecule has 0 aromatic heterocycles. The zero-order valence-electron chi connectivity index (χ0n) is 15.7. The Morgan fingerprint density at radius 3 is 1.89 bits per heavy atom. The summed E-state index contributed by atoms with van der Waals surface area (Å²) in [5.41, 5.74) is -3.57. The largest absolute Gasteiger partial charge is 0.505 e. The summed E-state index contributed by atoms with van der Waals surface area (Å²) in [5.74, 6) is 2.39. The van der Waals surface area contributed by atoms with Crippen molar-refractivity contribution in [3.8, 4) is 0 Å². The smallest absolute Gasteiger partial charge is 0.402 e. The average molecular weight is 398 g/mol. The highest BCUT2D eigenvalue weighted by Crippen LogP contribution is 2.70. The van der Waals surface area contributed by atoms with Crippen LogP contribution in [0.15, 0.2) is 12.8 Å². The van der Waals surface area contributed by atoms with E-state index in [1.165, 1.54) is 19.1 Å². The van der Waals surface area contributed by atoms with Crippen LogP contribution in [0, 0.1) is 46.8 Å². The number of hydrogen-bond donors (Lipinski definition) is 0. The van der Waals surface area contributed by atoms with Crippen molar-refractivity contribution in [2.24, 2.45) is 46.8 Å². The van der Waals surface area contributed by atoms with E-state index in [2.05, 4.69) is 11.3 Å². The van der Waals surface area contributed by atoms with Crippen LogP contribution in [0.25, 0.3) is 0 Å². The van der Waals surface area contributed by atoms with Gasteiger partial charge in [-0.2, -0.15) is 26.3 Å². The lowest BCUT2D eigenvalue weighted by molar-refractivity contribution is -0.340. The van der Waals surface area contributed by atoms with E-state index in [0.717, 1.165) is 12.8 Å². The quantitative estimate of drug-likeness (QED) is 0.296. The van der Waals surface area contributed by atoms with Gasteiger partial charge in [-0.15, -0.1) is 0 Å². The Kier molecular flexibility index (Phi) is 5.30. The van der Waals surface area contributed by atoms with Gasteiger partial charge in [0.15, 0.2) is 5.41 Å². The van der Waals surface area contributed by atoms with Crippen molar-refractivity contribution in [1.29, 1.82) is 0 Å². The third kappa shape index (κ3) is 3.27. The third-order valence-electron chi connectivity index (χ3n) is 7.96. The van der Waals surface area contributed by atoms with Crippen LogP contribution in [0.3, 0.4) is 0 Å². The van der Waals surface area contributed by atoms with Gasteiger partial charge in [-0.25, -0.2) is 0 Å². The Hall–Kier alpha value is -0.880. The van der Waals surface area contributed by atoms with Crippen molar-refractivity contribution in [2.45, 2.75) is 57.8 Å². The average Bonchev–Trinajstić information content (AvgIpc) is 3.31. The Morgan fingerprint density at radius 1 is 0.889 bits per heavy atom.